The van der Waals surface area contributed by atoms with Gasteiger partial charge >= 0.3 is 17.9 Å². The molecule has 1 aromatic carbocycles. The molecule has 3 aromatic rings. The predicted octanol–water partition coefficient (Wildman–Crippen LogP) is 4.85. The van der Waals surface area contributed by atoms with Crippen molar-refractivity contribution in [2.45, 2.75) is 55.5 Å². The molecule has 0 N–H and O–H groups in total. The van der Waals surface area contributed by atoms with Crippen molar-refractivity contribution >= 4 is 75.8 Å². The Morgan fingerprint density at radius 2 is 1.77 bits per heavy atom. The summed E-state index contributed by atoms with van der Waals surface area (Å²) in [6.45, 7) is 3.46. The largest absolute Gasteiger partial charge is 0.463 e. The number of halogens is 3. The third kappa shape index (κ3) is 7.41. The molecule has 2 aromatic heterocycles. The first kappa shape index (κ1) is 29.6. The molecular formula is C23H21Cl3N4O7S2. The van der Waals surface area contributed by atoms with Gasteiger partial charge in [-0.05, 0) is 18.2 Å². The van der Waals surface area contributed by atoms with E-state index in [-0.39, 0.29) is 6.61 Å². The van der Waals surface area contributed by atoms with E-state index in [1.54, 1.807) is 29.8 Å². The second-order valence-electron chi connectivity index (χ2n) is 8.24. The Hall–Kier alpha value is -2.42. The van der Waals surface area contributed by atoms with Crippen molar-refractivity contribution in [1.82, 2.24) is 20.0 Å². The predicted molar refractivity (Wildman–Crippen MR) is 144 cm³/mol. The molecule has 1 saturated heterocycles. The quantitative estimate of drug-likeness (QED) is 0.249. The third-order valence-corrected chi connectivity index (χ3v) is 8.39. The van der Waals surface area contributed by atoms with Crippen molar-refractivity contribution in [2.75, 3.05) is 6.61 Å². The Labute approximate surface area is 246 Å². The lowest BCUT2D eigenvalue weighted by Crippen LogP contribution is -2.57. The summed E-state index contributed by atoms with van der Waals surface area (Å²) in [6, 6.07) is 4.04. The first-order valence-electron chi connectivity index (χ1n) is 11.3. The van der Waals surface area contributed by atoms with Crippen LogP contribution < -0.4 is 0 Å². The normalized spacial score (nSPS) is 22.8. The lowest BCUT2D eigenvalue weighted by atomic mass is 9.96. The summed E-state index contributed by atoms with van der Waals surface area (Å²) in [5.74, 6) is -1.80. The highest BCUT2D eigenvalue weighted by molar-refractivity contribution is 7.99. The molecule has 1 aliphatic rings. The van der Waals surface area contributed by atoms with E-state index in [0.29, 0.717) is 30.8 Å². The number of thioether (sulfide) groups is 1. The van der Waals surface area contributed by atoms with Gasteiger partial charge in [0.2, 0.25) is 0 Å². The summed E-state index contributed by atoms with van der Waals surface area (Å²) >= 11 is 20.7. The van der Waals surface area contributed by atoms with Crippen LogP contribution in [0.3, 0.4) is 0 Å². The maximum Gasteiger partial charge on any atom is 0.303 e. The molecule has 208 valence electrons. The van der Waals surface area contributed by atoms with E-state index in [1.165, 1.54) is 48.6 Å². The Balaban J connectivity index is 1.79. The standard InChI is InChI=1S/C23H21Cl3N4O7S2/c1-10(31)34-8-17-20(35-11(2)32)19(30-7-16(28-29-30)22-27-18(26)9-38-22)21(36-12(3)33)23(37-17)39-13-4-5-14(24)15(25)6-13/h4-7,9,17,19-21,23H,8H2,1-3H3/t17?,19?,20-,21?,23+/m0/s1. The molecule has 3 heterocycles. The van der Waals surface area contributed by atoms with E-state index in [4.69, 9.17) is 53.8 Å². The van der Waals surface area contributed by atoms with Crippen molar-refractivity contribution < 1.29 is 33.3 Å². The lowest BCUT2D eigenvalue weighted by Gasteiger charge is -2.44. The second-order valence-corrected chi connectivity index (χ2v) is 11.5. The van der Waals surface area contributed by atoms with E-state index < -0.39 is 47.7 Å². The maximum atomic E-state index is 12.3. The number of ether oxygens (including phenoxy) is 4. The van der Waals surface area contributed by atoms with E-state index in [9.17, 15) is 14.4 Å². The minimum atomic E-state index is -1.09. The molecule has 0 radical (unpaired) electrons. The minimum absolute atomic E-state index is 0.251. The average Bonchev–Trinajstić information content (AvgIpc) is 3.50. The average molecular weight is 636 g/mol. The monoisotopic (exact) mass is 634 g/mol. The van der Waals surface area contributed by atoms with Crippen LogP contribution in [0.15, 0.2) is 34.7 Å². The van der Waals surface area contributed by atoms with Gasteiger partial charge in [-0.1, -0.05) is 51.8 Å². The van der Waals surface area contributed by atoms with Crippen LogP contribution in [0.5, 0.6) is 0 Å². The molecule has 1 fully saturated rings. The van der Waals surface area contributed by atoms with E-state index in [1.807, 2.05) is 0 Å². The molecule has 0 saturated carbocycles. The highest BCUT2D eigenvalue weighted by Crippen LogP contribution is 2.42. The number of hydrogen-bond donors (Lipinski definition) is 0. The number of benzene rings is 1. The fourth-order valence-electron chi connectivity index (χ4n) is 3.86. The van der Waals surface area contributed by atoms with Crippen LogP contribution >= 0.6 is 57.9 Å². The number of thiazole rings is 1. The minimum Gasteiger partial charge on any atom is -0.463 e. The van der Waals surface area contributed by atoms with Gasteiger partial charge < -0.3 is 18.9 Å². The summed E-state index contributed by atoms with van der Waals surface area (Å²) in [5, 5.41) is 11.5. The lowest BCUT2D eigenvalue weighted by molar-refractivity contribution is -0.212. The Morgan fingerprint density at radius 3 is 2.38 bits per heavy atom. The van der Waals surface area contributed by atoms with Crippen LogP contribution in [0.2, 0.25) is 15.2 Å². The molecule has 39 heavy (non-hydrogen) atoms. The SMILES string of the molecule is CC(=O)OCC1O[C@H](Sc2ccc(Cl)c(Cl)c2)C(OC(C)=O)C(n2cc(-c3nc(Cl)cs3)nn2)[C@H]1OC(C)=O. The molecule has 0 amide bonds. The molecular weight excluding hydrogens is 615 g/mol. The van der Waals surface area contributed by atoms with Crippen LogP contribution in [0.4, 0.5) is 0 Å². The summed E-state index contributed by atoms with van der Waals surface area (Å²) in [7, 11) is 0. The Morgan fingerprint density at radius 1 is 1.05 bits per heavy atom. The number of rotatable bonds is 8. The van der Waals surface area contributed by atoms with Gasteiger partial charge in [0, 0.05) is 31.0 Å². The van der Waals surface area contributed by atoms with Crippen molar-refractivity contribution in [1.29, 1.82) is 0 Å². The van der Waals surface area contributed by atoms with Gasteiger partial charge in [-0.3, -0.25) is 14.4 Å². The molecule has 16 heteroatoms. The first-order valence-corrected chi connectivity index (χ1v) is 14.2. The number of carbonyl (C=O) groups excluding carboxylic acids is 3. The number of hydrogen-bond acceptors (Lipinski definition) is 12. The zero-order valence-corrected chi connectivity index (χ0v) is 24.5. The zero-order chi connectivity index (χ0) is 28.3. The number of carbonyl (C=O) groups is 3. The van der Waals surface area contributed by atoms with Crippen LogP contribution in [0.25, 0.3) is 10.7 Å². The van der Waals surface area contributed by atoms with Crippen molar-refractivity contribution in [3.05, 3.63) is 45.0 Å². The summed E-state index contributed by atoms with van der Waals surface area (Å²) in [4.78, 5) is 41.0. The van der Waals surface area contributed by atoms with Crippen LogP contribution in [0, 0.1) is 0 Å². The highest BCUT2D eigenvalue weighted by Gasteiger charge is 2.52. The first-order chi connectivity index (χ1) is 18.5. The molecule has 0 spiro atoms. The van der Waals surface area contributed by atoms with Crippen molar-refractivity contribution in [3.63, 3.8) is 0 Å². The second kappa shape index (κ2) is 12.8. The van der Waals surface area contributed by atoms with Crippen LogP contribution in [-0.2, 0) is 33.3 Å². The fraction of sp³-hybridized carbons (Fsp3) is 0.391. The van der Waals surface area contributed by atoms with Gasteiger partial charge in [0.25, 0.3) is 0 Å². The number of aromatic nitrogens is 4. The van der Waals surface area contributed by atoms with E-state index in [2.05, 4.69) is 15.3 Å². The molecule has 3 unspecified atom stereocenters. The van der Waals surface area contributed by atoms with Gasteiger partial charge in [0.1, 0.15) is 40.0 Å². The van der Waals surface area contributed by atoms with Gasteiger partial charge in [0.15, 0.2) is 12.2 Å². The molecule has 1 aliphatic heterocycles. The topological polar surface area (TPSA) is 132 Å². The molecule has 0 aliphatic carbocycles. The van der Waals surface area contributed by atoms with Gasteiger partial charge in [0.05, 0.1) is 16.2 Å². The van der Waals surface area contributed by atoms with E-state index >= 15 is 0 Å². The van der Waals surface area contributed by atoms with Gasteiger partial charge in [-0.15, -0.1) is 16.4 Å². The zero-order valence-electron chi connectivity index (χ0n) is 20.6. The van der Waals surface area contributed by atoms with Gasteiger partial charge in [-0.2, -0.15) is 0 Å². The Kier molecular flexibility index (Phi) is 9.73. The number of esters is 3. The van der Waals surface area contributed by atoms with Crippen LogP contribution in [-0.4, -0.2) is 68.2 Å². The van der Waals surface area contributed by atoms with Crippen LogP contribution in [0.1, 0.15) is 26.8 Å². The van der Waals surface area contributed by atoms with Crippen molar-refractivity contribution in [3.8, 4) is 10.7 Å². The third-order valence-electron chi connectivity index (χ3n) is 5.33. The van der Waals surface area contributed by atoms with E-state index in [0.717, 1.165) is 0 Å². The molecule has 11 nitrogen and oxygen atoms in total. The number of nitrogens with zero attached hydrogens (tertiary/aromatic N) is 4. The summed E-state index contributed by atoms with van der Waals surface area (Å²) < 4.78 is 24.3. The molecule has 0 bridgehead atoms. The highest BCUT2D eigenvalue weighted by atomic mass is 35.5. The van der Waals surface area contributed by atoms with Gasteiger partial charge in [-0.25, -0.2) is 9.67 Å². The fourth-order valence-corrected chi connectivity index (χ4v) is 6.26. The Bertz CT molecular complexity index is 1370. The summed E-state index contributed by atoms with van der Waals surface area (Å²) in [6.07, 6.45) is -1.53. The molecule has 4 rings (SSSR count). The van der Waals surface area contributed by atoms with Crippen molar-refractivity contribution in [2.24, 2.45) is 0 Å². The maximum absolute atomic E-state index is 12.3. The summed E-state index contributed by atoms with van der Waals surface area (Å²) in [5.41, 5.74) is -0.489. The molecule has 5 atom stereocenters. The smallest absolute Gasteiger partial charge is 0.303 e.